The Bertz CT molecular complexity index is 716. The molecule has 0 radical (unpaired) electrons. The third-order valence-corrected chi connectivity index (χ3v) is 9.94. The number of hydrogen-bond acceptors (Lipinski definition) is 2. The second-order valence-electron chi connectivity index (χ2n) is 10.2. The lowest BCUT2D eigenvalue weighted by molar-refractivity contribution is -0.116. The molecule has 0 spiro atoms. The Kier molecular flexibility index (Phi) is 2.87. The summed E-state index contributed by atoms with van der Waals surface area (Å²) in [7, 11) is 0. The molecule has 2 heteroatoms. The summed E-state index contributed by atoms with van der Waals surface area (Å²) in [5.41, 5.74) is 1.90. The van der Waals surface area contributed by atoms with Crippen LogP contribution in [0.25, 0.3) is 0 Å². The first-order valence-corrected chi connectivity index (χ1v) is 10.8. The highest BCUT2D eigenvalue weighted by Crippen LogP contribution is 2.76. The fraction of sp³-hybridized carbons (Fsp3) is 0.826. The van der Waals surface area contributed by atoms with Crippen LogP contribution in [-0.4, -0.2) is 5.78 Å². The molecule has 6 aliphatic carbocycles. The number of ketones is 1. The van der Waals surface area contributed by atoms with Crippen molar-refractivity contribution in [2.24, 2.45) is 58.7 Å². The molecule has 0 amide bonds. The highest BCUT2D eigenvalue weighted by Gasteiger charge is 2.71. The van der Waals surface area contributed by atoms with Crippen LogP contribution in [0.4, 0.5) is 0 Å². The third-order valence-electron chi connectivity index (χ3n) is 9.94. The zero-order chi connectivity index (χ0) is 16.9. The molecule has 0 heterocycles. The van der Waals surface area contributed by atoms with E-state index >= 15 is 0 Å². The summed E-state index contributed by atoms with van der Waals surface area (Å²) < 4.78 is 0. The van der Waals surface area contributed by atoms with Gasteiger partial charge in [0.2, 0.25) is 0 Å². The van der Waals surface area contributed by atoms with Crippen molar-refractivity contribution in [1.82, 2.24) is 0 Å². The zero-order valence-corrected chi connectivity index (χ0v) is 15.3. The quantitative estimate of drug-likeness (QED) is 0.693. The van der Waals surface area contributed by atoms with Gasteiger partial charge in [-0.1, -0.05) is 12.5 Å². The van der Waals surface area contributed by atoms with Crippen molar-refractivity contribution in [3.05, 3.63) is 11.6 Å². The molecule has 2 nitrogen and oxygen atoms in total. The molecule has 0 saturated heterocycles. The molecule has 0 aliphatic heterocycles. The maximum Gasteiger partial charge on any atom is 0.155 e. The lowest BCUT2D eigenvalue weighted by Crippen LogP contribution is -2.50. The number of carbonyl (C=O) groups is 1. The van der Waals surface area contributed by atoms with Gasteiger partial charge in [0, 0.05) is 6.42 Å². The molecule has 0 N–H and O–H groups in total. The number of nitriles is 1. The molecule has 5 saturated carbocycles. The molecule has 10 atom stereocenters. The molecule has 6 aliphatic rings. The maximum absolute atomic E-state index is 12.0. The van der Waals surface area contributed by atoms with Crippen LogP contribution < -0.4 is 0 Å². The maximum atomic E-state index is 12.0. The fourth-order valence-electron chi connectivity index (χ4n) is 8.96. The lowest BCUT2D eigenvalue weighted by atomic mass is 9.49. The number of fused-ring (bicyclic) bond motifs is 10. The van der Waals surface area contributed by atoms with E-state index < -0.39 is 0 Å². The summed E-state index contributed by atoms with van der Waals surface area (Å²) in [6.07, 6.45) is 11.9. The smallest absolute Gasteiger partial charge is 0.155 e. The van der Waals surface area contributed by atoms with Gasteiger partial charge in [-0.3, -0.25) is 4.79 Å². The summed E-state index contributed by atoms with van der Waals surface area (Å²) >= 11 is 0. The second-order valence-corrected chi connectivity index (χ2v) is 10.2. The zero-order valence-electron chi connectivity index (χ0n) is 15.3. The van der Waals surface area contributed by atoms with Crippen molar-refractivity contribution in [3.63, 3.8) is 0 Å². The van der Waals surface area contributed by atoms with E-state index in [1.807, 2.05) is 0 Å². The molecule has 0 aromatic carbocycles. The van der Waals surface area contributed by atoms with E-state index in [1.54, 1.807) is 5.57 Å². The lowest BCUT2D eigenvalue weighted by Gasteiger charge is -2.55. The molecule has 0 aromatic rings. The predicted molar refractivity (Wildman–Crippen MR) is 95.2 cm³/mol. The van der Waals surface area contributed by atoms with Gasteiger partial charge in [0.25, 0.3) is 0 Å². The van der Waals surface area contributed by atoms with E-state index in [1.165, 1.54) is 38.5 Å². The fourth-order valence-corrected chi connectivity index (χ4v) is 8.96. The van der Waals surface area contributed by atoms with Gasteiger partial charge in [0.1, 0.15) is 0 Å². The van der Waals surface area contributed by atoms with E-state index in [-0.39, 0.29) is 0 Å². The monoisotopic (exact) mass is 335 g/mol. The van der Waals surface area contributed by atoms with Crippen LogP contribution in [0.5, 0.6) is 0 Å². The van der Waals surface area contributed by atoms with E-state index in [9.17, 15) is 10.1 Å². The van der Waals surface area contributed by atoms with Gasteiger partial charge < -0.3 is 0 Å². The van der Waals surface area contributed by atoms with Gasteiger partial charge in [-0.25, -0.2) is 0 Å². The number of nitrogens with zero attached hydrogens (tertiary/aromatic N) is 1. The summed E-state index contributed by atoms with van der Waals surface area (Å²) in [6.45, 7) is 2.38. The van der Waals surface area contributed by atoms with Crippen LogP contribution in [-0.2, 0) is 4.79 Å². The first-order chi connectivity index (χ1) is 12.2. The minimum Gasteiger partial charge on any atom is -0.295 e. The van der Waals surface area contributed by atoms with Gasteiger partial charge in [-0.2, -0.15) is 5.26 Å². The van der Waals surface area contributed by atoms with E-state index in [4.69, 9.17) is 0 Å². The first-order valence-electron chi connectivity index (χ1n) is 10.8. The molecule has 132 valence electrons. The Balaban J connectivity index is 1.43. The second kappa shape index (κ2) is 4.79. The van der Waals surface area contributed by atoms with Gasteiger partial charge in [0.15, 0.2) is 5.78 Å². The van der Waals surface area contributed by atoms with Crippen LogP contribution in [0.15, 0.2) is 11.6 Å². The van der Waals surface area contributed by atoms with Crippen molar-refractivity contribution in [1.29, 1.82) is 5.26 Å². The number of carbonyl (C=O) groups excluding carboxylic acids is 1. The van der Waals surface area contributed by atoms with Gasteiger partial charge in [0.05, 0.1) is 12.0 Å². The van der Waals surface area contributed by atoms with Crippen molar-refractivity contribution < 1.29 is 4.79 Å². The molecular weight excluding hydrogens is 306 g/mol. The summed E-state index contributed by atoms with van der Waals surface area (Å²) in [4.78, 5) is 12.0. The normalized spacial score (nSPS) is 57.7. The Morgan fingerprint density at radius 3 is 2.68 bits per heavy atom. The molecule has 25 heavy (non-hydrogen) atoms. The van der Waals surface area contributed by atoms with Crippen LogP contribution in [0.1, 0.15) is 58.3 Å². The molecule has 6 rings (SSSR count). The molecule has 0 unspecified atom stereocenters. The van der Waals surface area contributed by atoms with Crippen LogP contribution in [0, 0.1) is 70.0 Å². The predicted octanol–water partition coefficient (Wildman–Crippen LogP) is 4.76. The van der Waals surface area contributed by atoms with E-state index in [2.05, 4.69) is 19.1 Å². The largest absolute Gasteiger partial charge is 0.295 e. The Morgan fingerprint density at radius 1 is 1.12 bits per heavy atom. The van der Waals surface area contributed by atoms with Gasteiger partial charge in [-0.05, 0) is 104 Å². The van der Waals surface area contributed by atoms with Crippen LogP contribution in [0.3, 0.4) is 0 Å². The van der Waals surface area contributed by atoms with Crippen molar-refractivity contribution in [3.8, 4) is 6.07 Å². The van der Waals surface area contributed by atoms with E-state index in [0.29, 0.717) is 23.0 Å². The summed E-state index contributed by atoms with van der Waals surface area (Å²) in [5, 5.41) is 10.0. The summed E-state index contributed by atoms with van der Waals surface area (Å²) in [5.74, 6) is 7.13. The minimum absolute atomic E-state index is 0.334. The number of hydrogen-bond donors (Lipinski definition) is 0. The van der Waals surface area contributed by atoms with Crippen molar-refractivity contribution in [2.45, 2.75) is 58.3 Å². The summed E-state index contributed by atoms with van der Waals surface area (Å²) in [6, 6.07) is 2.82. The van der Waals surface area contributed by atoms with Gasteiger partial charge >= 0.3 is 0 Å². The van der Waals surface area contributed by atoms with Crippen LogP contribution in [0.2, 0.25) is 0 Å². The molecule has 5 fully saturated rings. The topological polar surface area (TPSA) is 40.9 Å². The van der Waals surface area contributed by atoms with Crippen molar-refractivity contribution in [2.75, 3.05) is 0 Å². The van der Waals surface area contributed by atoms with Crippen LogP contribution >= 0.6 is 0 Å². The highest BCUT2D eigenvalue weighted by atomic mass is 16.1. The molecular formula is C23H29NO. The number of rotatable bonds is 1. The highest BCUT2D eigenvalue weighted by molar-refractivity contribution is 5.91. The van der Waals surface area contributed by atoms with E-state index in [0.717, 1.165) is 54.3 Å². The minimum atomic E-state index is 0.334. The van der Waals surface area contributed by atoms with Crippen molar-refractivity contribution >= 4 is 5.78 Å². The Morgan fingerprint density at radius 2 is 1.96 bits per heavy atom. The third kappa shape index (κ3) is 1.65. The average Bonchev–Trinajstić information content (AvgIpc) is 3.36. The Labute approximate surface area is 151 Å². The SMILES string of the molecule is CC[C@]12CC[C@H]3[C@@H]([C@H]4C[C@H]4C4=CC(=O)CC[C@@H]43)[C@@H]1[C@@H]1CC[C@@H]1[C@@H]2C#N. The molecule has 0 aromatic heterocycles. The molecule has 0 bridgehead atoms. The van der Waals surface area contributed by atoms with Gasteiger partial charge in [-0.15, -0.1) is 0 Å². The standard InChI is InChI=1S/C23H29NO/c1-2-23-8-7-15-13-4-3-12(25)9-17(13)18-10-19(18)21(15)22(23)16-6-5-14(16)20(23)11-24/h9,13-16,18-22H,2-8,10H2,1H3/t13-,14+,15-,16-,18+,19+,20+,21+,22+,23-/m1/s1. The number of allylic oxidation sites excluding steroid dienone is 1. The average molecular weight is 335 g/mol. The first kappa shape index (κ1) is 15.0. The Hall–Kier alpha value is -1.10.